The Balaban J connectivity index is 0.000000328. The maximum Gasteiger partial charge on any atom is 0.168 e. The van der Waals surface area contributed by atoms with Gasteiger partial charge in [-0.3, -0.25) is 0 Å². The van der Waals surface area contributed by atoms with Crippen LogP contribution < -0.4 is 4.57 Å². The van der Waals surface area contributed by atoms with Gasteiger partial charge in [-0.2, -0.15) is 11.8 Å². The Labute approximate surface area is 218 Å². The lowest BCUT2D eigenvalue weighted by Gasteiger charge is -2.20. The Kier molecular flexibility index (Phi) is 15.3. The molecular weight excluding hydrogens is 474 g/mol. The van der Waals surface area contributed by atoms with Crippen LogP contribution in [0.2, 0.25) is 0 Å². The Hall–Kier alpha value is -1.37. The first-order chi connectivity index (χ1) is 16.9. The van der Waals surface area contributed by atoms with Crippen LogP contribution in [0.4, 0.5) is 0 Å². The van der Waals surface area contributed by atoms with Crippen molar-refractivity contribution < 1.29 is 17.5 Å². The molecule has 35 heavy (non-hydrogen) atoms. The Bertz CT molecular complexity index is 880. The summed E-state index contributed by atoms with van der Waals surface area (Å²) >= 11 is 2.27. The second-order valence-electron chi connectivity index (χ2n) is 9.69. The molecule has 1 saturated carbocycles. The zero-order valence-electron chi connectivity index (χ0n) is 21.6. The number of benzene rings is 1. The van der Waals surface area contributed by atoms with Gasteiger partial charge in [0.05, 0.1) is 4.90 Å². The number of hydrogen-bond acceptors (Lipinski definition) is 4. The van der Waals surface area contributed by atoms with E-state index < -0.39 is 10.1 Å². The van der Waals surface area contributed by atoms with Crippen LogP contribution in [-0.2, 0) is 16.7 Å². The Morgan fingerprint density at radius 3 is 1.91 bits per heavy atom. The van der Waals surface area contributed by atoms with Gasteiger partial charge in [0.15, 0.2) is 12.4 Å². The minimum Gasteiger partial charge on any atom is -0.744 e. The van der Waals surface area contributed by atoms with Crippen molar-refractivity contribution in [1.29, 1.82) is 0 Å². The summed E-state index contributed by atoms with van der Waals surface area (Å²) in [5, 5.41) is 1.01. The maximum absolute atomic E-state index is 10.4. The molecule has 1 aromatic carbocycles. The molecule has 0 bridgehead atoms. The van der Waals surface area contributed by atoms with Crippen LogP contribution in [0, 0.1) is 6.92 Å². The van der Waals surface area contributed by atoms with Gasteiger partial charge >= 0.3 is 0 Å². The number of rotatable bonds is 14. The lowest BCUT2D eigenvalue weighted by atomic mass is 10.0. The molecule has 4 nitrogen and oxygen atoms in total. The molecule has 0 atom stereocenters. The fraction of sp³-hybridized carbons (Fsp3) is 0.621. The third kappa shape index (κ3) is 14.7. The molecule has 0 unspecified atom stereocenters. The minimum absolute atomic E-state index is 0.178. The highest BCUT2D eigenvalue weighted by Crippen LogP contribution is 2.28. The van der Waals surface area contributed by atoms with E-state index in [4.69, 9.17) is 0 Å². The molecule has 3 rings (SSSR count). The number of nitrogens with zero attached hydrogens (tertiary/aromatic N) is 1. The third-order valence-electron chi connectivity index (χ3n) is 6.55. The van der Waals surface area contributed by atoms with Crippen LogP contribution in [0.25, 0.3) is 0 Å². The zero-order valence-corrected chi connectivity index (χ0v) is 23.2. The predicted octanol–water partition coefficient (Wildman–Crippen LogP) is 7.45. The lowest BCUT2D eigenvalue weighted by molar-refractivity contribution is -0.697. The van der Waals surface area contributed by atoms with E-state index in [-0.39, 0.29) is 4.90 Å². The van der Waals surface area contributed by atoms with Gasteiger partial charge in [-0.1, -0.05) is 81.5 Å². The molecule has 0 aliphatic heterocycles. The van der Waals surface area contributed by atoms with Crippen molar-refractivity contribution in [2.75, 3.05) is 5.75 Å². The van der Waals surface area contributed by atoms with Gasteiger partial charge in [0.25, 0.3) is 0 Å². The average molecular weight is 520 g/mol. The second kappa shape index (κ2) is 18.0. The summed E-state index contributed by atoms with van der Waals surface area (Å²) in [6, 6.07) is 12.1. The van der Waals surface area contributed by atoms with Crippen LogP contribution in [0.1, 0.15) is 95.5 Å². The van der Waals surface area contributed by atoms with E-state index in [9.17, 15) is 13.0 Å². The molecule has 0 N–H and O–H groups in total. The highest BCUT2D eigenvalue weighted by atomic mass is 32.2. The molecule has 0 saturated heterocycles. The van der Waals surface area contributed by atoms with Gasteiger partial charge in [-0.25, -0.2) is 13.0 Å². The largest absolute Gasteiger partial charge is 0.744 e. The average Bonchev–Trinajstić information content (AvgIpc) is 2.86. The van der Waals surface area contributed by atoms with Gasteiger partial charge in [-0.15, -0.1) is 0 Å². The molecule has 0 amide bonds. The van der Waals surface area contributed by atoms with Crippen LogP contribution in [0.5, 0.6) is 0 Å². The first kappa shape index (κ1) is 29.9. The number of aryl methyl sites for hydroxylation is 2. The Morgan fingerprint density at radius 2 is 1.34 bits per heavy atom. The standard InChI is InChI=1S/C22H38NS.C7H8O3S/c1(2-4-6-12-18-23-19-13-9-14-20-23)3-5-7-15-21-24-22-16-10-8-11-17-22;1-6-2-4-7(5-3-6)11(8,9)10/h9,13-14,19-20,22H,1-8,10-12,15-18,21H2;2-5H,1H3,(H,8,9,10)/q+1;/p-1. The van der Waals surface area contributed by atoms with Gasteiger partial charge in [-0.05, 0) is 50.5 Å². The van der Waals surface area contributed by atoms with E-state index in [0.29, 0.717) is 0 Å². The molecule has 0 radical (unpaired) electrons. The smallest absolute Gasteiger partial charge is 0.168 e. The fourth-order valence-electron chi connectivity index (χ4n) is 4.40. The van der Waals surface area contributed by atoms with E-state index in [1.807, 2.05) is 6.92 Å². The van der Waals surface area contributed by atoms with Crippen molar-refractivity contribution in [2.24, 2.45) is 0 Å². The normalized spacial score (nSPS) is 14.3. The molecule has 1 aromatic heterocycles. The monoisotopic (exact) mass is 519 g/mol. The van der Waals surface area contributed by atoms with Crippen LogP contribution in [0.15, 0.2) is 59.8 Å². The molecule has 196 valence electrons. The molecule has 2 aromatic rings. The van der Waals surface area contributed by atoms with Gasteiger partial charge in [0.1, 0.15) is 16.7 Å². The molecule has 1 aliphatic rings. The summed E-state index contributed by atoms with van der Waals surface area (Å²) in [5.74, 6) is 1.42. The van der Waals surface area contributed by atoms with E-state index in [1.165, 1.54) is 114 Å². The van der Waals surface area contributed by atoms with Crippen molar-refractivity contribution in [2.45, 2.75) is 114 Å². The maximum atomic E-state index is 10.4. The SMILES string of the molecule is Cc1ccc(S(=O)(=O)[O-])cc1.c1cc[n+](CCCCCCCCCCCSC2CCCCC2)cc1. The Morgan fingerprint density at radius 1 is 0.800 bits per heavy atom. The van der Waals surface area contributed by atoms with E-state index in [2.05, 4.69) is 46.9 Å². The molecule has 1 fully saturated rings. The zero-order chi connectivity index (χ0) is 25.2. The summed E-state index contributed by atoms with van der Waals surface area (Å²) in [6.45, 7) is 3.00. The molecular formula is C29H45NO3S2. The number of thioether (sulfide) groups is 1. The van der Waals surface area contributed by atoms with Crippen LogP contribution >= 0.6 is 11.8 Å². The summed E-state index contributed by atoms with van der Waals surface area (Å²) in [6.07, 6.45) is 24.7. The first-order valence-electron chi connectivity index (χ1n) is 13.5. The quantitative estimate of drug-likeness (QED) is 0.148. The number of unbranched alkanes of at least 4 members (excludes halogenated alkanes) is 8. The second-order valence-corrected chi connectivity index (χ2v) is 12.5. The van der Waals surface area contributed by atoms with Crippen LogP contribution in [-0.4, -0.2) is 24.0 Å². The van der Waals surface area contributed by atoms with Crippen LogP contribution in [0.3, 0.4) is 0 Å². The summed E-state index contributed by atoms with van der Waals surface area (Å²) in [5.41, 5.74) is 0.928. The lowest BCUT2D eigenvalue weighted by Crippen LogP contribution is -2.32. The van der Waals surface area contributed by atoms with Crippen molar-refractivity contribution in [3.63, 3.8) is 0 Å². The number of hydrogen-bond donors (Lipinski definition) is 0. The van der Waals surface area contributed by atoms with Gasteiger partial charge in [0, 0.05) is 23.8 Å². The molecule has 6 heteroatoms. The van der Waals surface area contributed by atoms with Crippen molar-refractivity contribution in [1.82, 2.24) is 0 Å². The molecule has 1 heterocycles. The highest BCUT2D eigenvalue weighted by Gasteiger charge is 2.12. The number of aromatic nitrogens is 1. The highest BCUT2D eigenvalue weighted by molar-refractivity contribution is 7.99. The predicted molar refractivity (Wildman–Crippen MR) is 147 cm³/mol. The fourth-order valence-corrected chi connectivity index (χ4v) is 6.24. The van der Waals surface area contributed by atoms with E-state index >= 15 is 0 Å². The van der Waals surface area contributed by atoms with Crippen molar-refractivity contribution in [3.8, 4) is 0 Å². The molecule has 1 aliphatic carbocycles. The van der Waals surface area contributed by atoms with E-state index in [1.54, 1.807) is 12.1 Å². The topological polar surface area (TPSA) is 61.1 Å². The van der Waals surface area contributed by atoms with Gasteiger partial charge < -0.3 is 4.55 Å². The van der Waals surface area contributed by atoms with E-state index in [0.717, 1.165) is 10.8 Å². The first-order valence-corrected chi connectivity index (χ1v) is 16.0. The summed E-state index contributed by atoms with van der Waals surface area (Å²) in [7, 11) is -4.27. The number of pyridine rings is 1. The minimum atomic E-state index is -4.27. The van der Waals surface area contributed by atoms with Crippen molar-refractivity contribution in [3.05, 3.63) is 60.4 Å². The van der Waals surface area contributed by atoms with Crippen molar-refractivity contribution >= 4 is 21.9 Å². The summed E-state index contributed by atoms with van der Waals surface area (Å²) in [4.78, 5) is -0.178. The summed E-state index contributed by atoms with van der Waals surface area (Å²) < 4.78 is 33.5. The third-order valence-corrected chi connectivity index (χ3v) is 8.87. The molecule has 0 spiro atoms. The van der Waals surface area contributed by atoms with Gasteiger partial charge in [0.2, 0.25) is 0 Å².